The van der Waals surface area contributed by atoms with Gasteiger partial charge in [0.15, 0.2) is 6.10 Å². The van der Waals surface area contributed by atoms with Crippen LogP contribution in [-0.4, -0.2) is 23.7 Å². The topological polar surface area (TPSA) is 88.8 Å². The number of carbonyl (C=O) groups excluding carboxylic acids is 1. The molecule has 0 radical (unpaired) electrons. The molecule has 0 saturated heterocycles. The number of amides is 1. The maximum Gasteiger partial charge on any atom is 0.344 e. The summed E-state index contributed by atoms with van der Waals surface area (Å²) in [4.78, 5) is 24.6. The molecule has 0 spiro atoms. The standard InChI is InChI=1S/C24H21NO5/c1-15(23(27)25-14-21(26)16-7-3-2-4-8-16)29-17-11-12-19-18-9-5-6-10-20(18)24(28)30-22(19)13-17/h2-13,15,21,26H,14H2,1H3,(H,25,27)/t15-,21+/m0/s1. The molecule has 0 saturated carbocycles. The molecule has 1 heterocycles. The van der Waals surface area contributed by atoms with Gasteiger partial charge < -0.3 is 19.6 Å². The number of aliphatic hydroxyl groups is 1. The van der Waals surface area contributed by atoms with E-state index in [0.29, 0.717) is 16.7 Å². The first-order chi connectivity index (χ1) is 14.5. The van der Waals surface area contributed by atoms with E-state index in [-0.39, 0.29) is 12.5 Å². The van der Waals surface area contributed by atoms with E-state index in [1.54, 1.807) is 49.4 Å². The zero-order valence-electron chi connectivity index (χ0n) is 16.4. The lowest BCUT2D eigenvalue weighted by Gasteiger charge is -2.17. The van der Waals surface area contributed by atoms with Crippen LogP contribution < -0.4 is 15.7 Å². The van der Waals surface area contributed by atoms with Crippen molar-refractivity contribution in [3.8, 4) is 5.75 Å². The lowest BCUT2D eigenvalue weighted by molar-refractivity contribution is -0.127. The molecule has 1 amide bonds. The van der Waals surface area contributed by atoms with Crippen molar-refractivity contribution in [2.75, 3.05) is 6.54 Å². The number of rotatable bonds is 6. The Balaban J connectivity index is 1.46. The zero-order valence-corrected chi connectivity index (χ0v) is 16.4. The molecule has 1 aromatic heterocycles. The fraction of sp³-hybridized carbons (Fsp3) is 0.167. The van der Waals surface area contributed by atoms with Crippen molar-refractivity contribution >= 4 is 27.6 Å². The molecule has 152 valence electrons. The minimum atomic E-state index is -0.800. The first-order valence-corrected chi connectivity index (χ1v) is 9.66. The second-order valence-electron chi connectivity index (χ2n) is 7.02. The summed E-state index contributed by atoms with van der Waals surface area (Å²) < 4.78 is 11.1. The van der Waals surface area contributed by atoms with Crippen LogP contribution in [-0.2, 0) is 4.79 Å². The first-order valence-electron chi connectivity index (χ1n) is 9.66. The van der Waals surface area contributed by atoms with Gasteiger partial charge in [-0.05, 0) is 36.1 Å². The molecule has 0 unspecified atom stereocenters. The van der Waals surface area contributed by atoms with E-state index in [0.717, 1.165) is 16.3 Å². The lowest BCUT2D eigenvalue weighted by atomic mass is 10.1. The summed E-state index contributed by atoms with van der Waals surface area (Å²) >= 11 is 0. The predicted molar refractivity (Wildman–Crippen MR) is 114 cm³/mol. The highest BCUT2D eigenvalue weighted by Gasteiger charge is 2.17. The Bertz CT molecular complexity index is 1250. The summed E-state index contributed by atoms with van der Waals surface area (Å²) in [5, 5.41) is 15.0. The maximum absolute atomic E-state index is 12.4. The van der Waals surface area contributed by atoms with Gasteiger partial charge in [-0.25, -0.2) is 4.79 Å². The van der Waals surface area contributed by atoms with E-state index >= 15 is 0 Å². The quantitative estimate of drug-likeness (QED) is 0.380. The number of ether oxygens (including phenoxy) is 1. The largest absolute Gasteiger partial charge is 0.481 e. The summed E-state index contributed by atoms with van der Waals surface area (Å²) in [5.41, 5.74) is 0.697. The molecule has 0 aliphatic heterocycles. The van der Waals surface area contributed by atoms with Gasteiger partial charge in [0.05, 0.1) is 11.5 Å². The van der Waals surface area contributed by atoms with Crippen molar-refractivity contribution in [2.24, 2.45) is 0 Å². The third-order valence-electron chi connectivity index (χ3n) is 4.93. The Morgan fingerprint density at radius 2 is 1.70 bits per heavy atom. The van der Waals surface area contributed by atoms with Crippen LogP contribution in [0.25, 0.3) is 21.7 Å². The van der Waals surface area contributed by atoms with E-state index in [1.807, 2.05) is 30.3 Å². The number of hydrogen-bond donors (Lipinski definition) is 2. The van der Waals surface area contributed by atoms with Gasteiger partial charge in [-0.1, -0.05) is 48.5 Å². The van der Waals surface area contributed by atoms with E-state index in [2.05, 4.69) is 5.32 Å². The van der Waals surface area contributed by atoms with Crippen molar-refractivity contribution in [3.05, 3.63) is 88.8 Å². The molecule has 4 aromatic rings. The number of benzene rings is 3. The van der Waals surface area contributed by atoms with Crippen LogP contribution in [0.3, 0.4) is 0 Å². The number of hydrogen-bond acceptors (Lipinski definition) is 5. The van der Waals surface area contributed by atoms with Gasteiger partial charge in [-0.2, -0.15) is 0 Å². The summed E-state index contributed by atoms with van der Waals surface area (Å²) in [6, 6.07) is 21.5. The summed E-state index contributed by atoms with van der Waals surface area (Å²) in [5.74, 6) is 0.0530. The fourth-order valence-electron chi connectivity index (χ4n) is 3.33. The predicted octanol–water partition coefficient (Wildman–Crippen LogP) is 3.56. The molecule has 3 aromatic carbocycles. The molecule has 4 rings (SSSR count). The van der Waals surface area contributed by atoms with Gasteiger partial charge in [0.25, 0.3) is 5.91 Å². The molecule has 0 fully saturated rings. The molecule has 6 nitrogen and oxygen atoms in total. The molecule has 0 bridgehead atoms. The van der Waals surface area contributed by atoms with Crippen molar-refractivity contribution in [3.63, 3.8) is 0 Å². The highest BCUT2D eigenvalue weighted by atomic mass is 16.5. The normalized spacial score (nSPS) is 13.1. The molecule has 2 N–H and O–H groups in total. The van der Waals surface area contributed by atoms with Crippen LogP contribution in [0.15, 0.2) is 82.0 Å². The third-order valence-corrected chi connectivity index (χ3v) is 4.93. The van der Waals surface area contributed by atoms with Crippen molar-refractivity contribution in [1.29, 1.82) is 0 Å². The number of nitrogens with one attached hydrogen (secondary N) is 1. The third kappa shape index (κ3) is 4.04. The maximum atomic E-state index is 12.4. The van der Waals surface area contributed by atoms with Crippen molar-refractivity contribution in [2.45, 2.75) is 19.1 Å². The SMILES string of the molecule is C[C@H](Oc1ccc2c(c1)oc(=O)c1ccccc12)C(=O)NC[C@@H](O)c1ccccc1. The van der Waals surface area contributed by atoms with Crippen molar-refractivity contribution in [1.82, 2.24) is 5.32 Å². The Kier molecular flexibility index (Phi) is 5.50. The zero-order chi connectivity index (χ0) is 21.1. The van der Waals surface area contributed by atoms with Gasteiger partial charge in [0, 0.05) is 18.0 Å². The van der Waals surface area contributed by atoms with Crippen LogP contribution in [0.2, 0.25) is 0 Å². The van der Waals surface area contributed by atoms with Gasteiger partial charge in [0.2, 0.25) is 0 Å². The monoisotopic (exact) mass is 403 g/mol. The minimum absolute atomic E-state index is 0.0785. The highest BCUT2D eigenvalue weighted by molar-refractivity contribution is 6.04. The number of carbonyl (C=O) groups is 1. The highest BCUT2D eigenvalue weighted by Crippen LogP contribution is 2.26. The Morgan fingerprint density at radius 3 is 2.47 bits per heavy atom. The summed E-state index contributed by atoms with van der Waals surface area (Å²) in [6.45, 7) is 1.69. The Labute approximate surface area is 172 Å². The van der Waals surface area contributed by atoms with Crippen LogP contribution in [0.4, 0.5) is 0 Å². The van der Waals surface area contributed by atoms with E-state index in [9.17, 15) is 14.7 Å². The molecule has 6 heteroatoms. The summed E-state index contributed by atoms with van der Waals surface area (Å²) in [7, 11) is 0. The van der Waals surface area contributed by atoms with Crippen LogP contribution in [0.5, 0.6) is 5.75 Å². The van der Waals surface area contributed by atoms with Gasteiger partial charge in [-0.3, -0.25) is 4.79 Å². The van der Waals surface area contributed by atoms with Gasteiger partial charge in [0.1, 0.15) is 11.3 Å². The van der Waals surface area contributed by atoms with Gasteiger partial charge in [-0.15, -0.1) is 0 Å². The minimum Gasteiger partial charge on any atom is -0.481 e. The van der Waals surface area contributed by atoms with Gasteiger partial charge >= 0.3 is 5.63 Å². The second-order valence-corrected chi connectivity index (χ2v) is 7.02. The van der Waals surface area contributed by atoms with E-state index < -0.39 is 17.8 Å². The molecule has 30 heavy (non-hydrogen) atoms. The molecular formula is C24H21NO5. The number of aliphatic hydroxyl groups excluding tert-OH is 1. The van der Waals surface area contributed by atoms with Crippen LogP contribution in [0, 0.1) is 0 Å². The molecule has 2 atom stereocenters. The summed E-state index contributed by atoms with van der Waals surface area (Å²) in [6.07, 6.45) is -1.59. The fourth-order valence-corrected chi connectivity index (χ4v) is 3.33. The van der Waals surface area contributed by atoms with Crippen LogP contribution in [0.1, 0.15) is 18.6 Å². The molecule has 0 aliphatic rings. The number of fused-ring (bicyclic) bond motifs is 3. The average molecular weight is 403 g/mol. The average Bonchev–Trinajstić information content (AvgIpc) is 2.78. The van der Waals surface area contributed by atoms with E-state index in [1.165, 1.54) is 0 Å². The smallest absolute Gasteiger partial charge is 0.344 e. The molecular weight excluding hydrogens is 382 g/mol. The van der Waals surface area contributed by atoms with Crippen LogP contribution >= 0.6 is 0 Å². The first kappa shape index (κ1) is 19.7. The van der Waals surface area contributed by atoms with E-state index in [4.69, 9.17) is 9.15 Å². The lowest BCUT2D eigenvalue weighted by Crippen LogP contribution is -2.38. The second kappa shape index (κ2) is 8.39. The Hall–Kier alpha value is -3.64. The molecule has 0 aliphatic carbocycles. The Morgan fingerprint density at radius 1 is 1.00 bits per heavy atom. The van der Waals surface area contributed by atoms with Crippen molar-refractivity contribution < 1.29 is 19.1 Å².